The third-order valence-corrected chi connectivity index (χ3v) is 5.99. The maximum Gasteiger partial charge on any atom is 0.225 e. The Kier molecular flexibility index (Phi) is 6.42. The van der Waals surface area contributed by atoms with E-state index in [0.717, 1.165) is 40.7 Å². The summed E-state index contributed by atoms with van der Waals surface area (Å²) in [4.78, 5) is 25.2. The van der Waals surface area contributed by atoms with Gasteiger partial charge in [0.05, 0.1) is 5.92 Å². The Morgan fingerprint density at radius 3 is 2.55 bits per heavy atom. The number of carbonyl (C=O) groups excluding carboxylic acids is 1. The molecule has 2 heterocycles. The van der Waals surface area contributed by atoms with Gasteiger partial charge in [-0.2, -0.15) is 0 Å². The van der Waals surface area contributed by atoms with E-state index in [9.17, 15) is 4.79 Å². The number of nitrogens with zero attached hydrogens (tertiary/aromatic N) is 3. The highest BCUT2D eigenvalue weighted by molar-refractivity contribution is 7.99. The zero-order valence-electron chi connectivity index (χ0n) is 16.2. The molecular weight excluding hydrogens is 380 g/mol. The third kappa shape index (κ3) is 5.15. The van der Waals surface area contributed by atoms with Crippen LogP contribution in [0, 0.1) is 5.92 Å². The first-order valence-electron chi connectivity index (χ1n) is 9.90. The van der Waals surface area contributed by atoms with E-state index in [1.807, 2.05) is 48.5 Å². The van der Waals surface area contributed by atoms with Crippen molar-refractivity contribution in [2.45, 2.75) is 29.3 Å². The smallest absolute Gasteiger partial charge is 0.225 e. The summed E-state index contributed by atoms with van der Waals surface area (Å²) < 4.78 is 0. The van der Waals surface area contributed by atoms with Gasteiger partial charge in [-0.15, -0.1) is 0 Å². The first kappa shape index (κ1) is 19.5. The summed E-state index contributed by atoms with van der Waals surface area (Å²) in [5.41, 5.74) is 1.11. The van der Waals surface area contributed by atoms with Crippen molar-refractivity contribution >= 4 is 23.5 Å². The number of aromatic nitrogens is 2. The SMILES string of the molecule is O=C(NCc1ccccc1)[C@@H]1CCCN(c2nccnc2Sc2ccccc2)C1. The number of benzene rings is 2. The molecule has 5 nitrogen and oxygen atoms in total. The first-order chi connectivity index (χ1) is 14.3. The predicted molar refractivity (Wildman–Crippen MR) is 116 cm³/mol. The fourth-order valence-electron chi connectivity index (χ4n) is 3.52. The van der Waals surface area contributed by atoms with E-state index in [4.69, 9.17) is 0 Å². The van der Waals surface area contributed by atoms with Crippen LogP contribution in [0.15, 0.2) is 83.0 Å². The van der Waals surface area contributed by atoms with Gasteiger partial charge in [-0.1, -0.05) is 60.3 Å². The zero-order chi connectivity index (χ0) is 19.9. The number of amides is 1. The van der Waals surface area contributed by atoms with Crippen molar-refractivity contribution in [3.63, 3.8) is 0 Å². The molecule has 1 aliphatic heterocycles. The molecular formula is C23H24N4OS. The highest BCUT2D eigenvalue weighted by Crippen LogP contribution is 2.33. The van der Waals surface area contributed by atoms with E-state index in [2.05, 4.69) is 32.3 Å². The summed E-state index contributed by atoms with van der Waals surface area (Å²) in [5, 5.41) is 3.97. The normalized spacial score (nSPS) is 16.4. The van der Waals surface area contributed by atoms with Crippen LogP contribution in [0.5, 0.6) is 0 Å². The molecule has 4 rings (SSSR count). The number of nitrogens with one attached hydrogen (secondary N) is 1. The molecule has 1 saturated heterocycles. The molecule has 1 atom stereocenters. The summed E-state index contributed by atoms with van der Waals surface area (Å²) >= 11 is 1.61. The monoisotopic (exact) mass is 404 g/mol. The topological polar surface area (TPSA) is 58.1 Å². The number of hydrogen-bond donors (Lipinski definition) is 1. The molecule has 1 amide bonds. The maximum atomic E-state index is 12.7. The van der Waals surface area contributed by atoms with Gasteiger partial charge in [0, 0.05) is 36.9 Å². The highest BCUT2D eigenvalue weighted by atomic mass is 32.2. The zero-order valence-corrected chi connectivity index (χ0v) is 17.0. The number of hydrogen-bond acceptors (Lipinski definition) is 5. The van der Waals surface area contributed by atoms with Crippen LogP contribution in [-0.4, -0.2) is 29.0 Å². The number of carbonyl (C=O) groups is 1. The van der Waals surface area contributed by atoms with Crippen LogP contribution in [0.4, 0.5) is 5.82 Å². The van der Waals surface area contributed by atoms with Crippen LogP contribution in [0.25, 0.3) is 0 Å². The molecule has 1 aliphatic rings. The lowest BCUT2D eigenvalue weighted by molar-refractivity contribution is -0.125. The van der Waals surface area contributed by atoms with Crippen LogP contribution in [0.3, 0.4) is 0 Å². The lowest BCUT2D eigenvalue weighted by atomic mass is 9.97. The minimum Gasteiger partial charge on any atom is -0.354 e. The minimum absolute atomic E-state index is 0.0379. The average Bonchev–Trinajstić information content (AvgIpc) is 2.79. The van der Waals surface area contributed by atoms with E-state index >= 15 is 0 Å². The second-order valence-corrected chi connectivity index (χ2v) is 8.15. The average molecular weight is 405 g/mol. The van der Waals surface area contributed by atoms with Crippen molar-refractivity contribution in [2.75, 3.05) is 18.0 Å². The number of rotatable bonds is 6. The summed E-state index contributed by atoms with van der Waals surface area (Å²) in [6.45, 7) is 2.13. The van der Waals surface area contributed by atoms with Gasteiger partial charge in [-0.05, 0) is 30.5 Å². The molecule has 29 heavy (non-hydrogen) atoms. The highest BCUT2D eigenvalue weighted by Gasteiger charge is 2.28. The van der Waals surface area contributed by atoms with Crippen LogP contribution < -0.4 is 10.2 Å². The molecule has 3 aromatic rings. The Hall–Kier alpha value is -2.86. The molecule has 2 aromatic carbocycles. The molecule has 0 spiro atoms. The Labute approximate surface area is 175 Å². The predicted octanol–water partition coefficient (Wildman–Crippen LogP) is 4.16. The summed E-state index contributed by atoms with van der Waals surface area (Å²) in [6, 6.07) is 20.2. The first-order valence-corrected chi connectivity index (χ1v) is 10.7. The molecule has 0 aliphatic carbocycles. The molecule has 1 fully saturated rings. The fraction of sp³-hybridized carbons (Fsp3) is 0.261. The lowest BCUT2D eigenvalue weighted by Crippen LogP contribution is -2.43. The van der Waals surface area contributed by atoms with E-state index in [1.54, 1.807) is 24.2 Å². The van der Waals surface area contributed by atoms with Crippen molar-refractivity contribution in [1.82, 2.24) is 15.3 Å². The maximum absolute atomic E-state index is 12.7. The van der Waals surface area contributed by atoms with Crippen LogP contribution >= 0.6 is 11.8 Å². The molecule has 6 heteroatoms. The van der Waals surface area contributed by atoms with Crippen molar-refractivity contribution in [2.24, 2.45) is 5.92 Å². The van der Waals surface area contributed by atoms with Gasteiger partial charge < -0.3 is 10.2 Å². The van der Waals surface area contributed by atoms with E-state index in [-0.39, 0.29) is 11.8 Å². The molecule has 0 saturated carbocycles. The molecule has 0 unspecified atom stereocenters. The molecule has 148 valence electrons. The lowest BCUT2D eigenvalue weighted by Gasteiger charge is -2.33. The van der Waals surface area contributed by atoms with Gasteiger partial charge in [0.1, 0.15) is 5.03 Å². The van der Waals surface area contributed by atoms with Gasteiger partial charge in [-0.25, -0.2) is 9.97 Å². The van der Waals surface area contributed by atoms with E-state index < -0.39 is 0 Å². The van der Waals surface area contributed by atoms with Crippen molar-refractivity contribution < 1.29 is 4.79 Å². The van der Waals surface area contributed by atoms with Gasteiger partial charge in [0.15, 0.2) is 5.82 Å². The van der Waals surface area contributed by atoms with Crippen molar-refractivity contribution in [3.05, 3.63) is 78.6 Å². The van der Waals surface area contributed by atoms with Crippen molar-refractivity contribution in [3.8, 4) is 0 Å². The Bertz CT molecular complexity index is 936. The minimum atomic E-state index is -0.0379. The van der Waals surface area contributed by atoms with Gasteiger partial charge in [0.2, 0.25) is 5.91 Å². The molecule has 0 bridgehead atoms. The fourth-order valence-corrected chi connectivity index (χ4v) is 4.42. The molecule has 1 N–H and O–H groups in total. The largest absolute Gasteiger partial charge is 0.354 e. The van der Waals surface area contributed by atoms with Gasteiger partial charge in [0.25, 0.3) is 0 Å². The second kappa shape index (κ2) is 9.56. The van der Waals surface area contributed by atoms with Gasteiger partial charge in [-0.3, -0.25) is 4.79 Å². The third-order valence-electron chi connectivity index (χ3n) is 5.01. The van der Waals surface area contributed by atoms with Crippen LogP contribution in [0.1, 0.15) is 18.4 Å². The van der Waals surface area contributed by atoms with Gasteiger partial charge >= 0.3 is 0 Å². The quantitative estimate of drug-likeness (QED) is 0.668. The van der Waals surface area contributed by atoms with E-state index in [1.165, 1.54) is 0 Å². The van der Waals surface area contributed by atoms with Crippen LogP contribution in [-0.2, 0) is 11.3 Å². The number of piperidine rings is 1. The molecule has 0 radical (unpaired) electrons. The Morgan fingerprint density at radius 2 is 1.76 bits per heavy atom. The number of anilines is 1. The molecule has 1 aromatic heterocycles. The standard InChI is InChI=1S/C23H24N4OS/c28-22(26-16-18-8-3-1-4-9-18)19-10-7-15-27(17-19)21-23(25-14-13-24-21)29-20-11-5-2-6-12-20/h1-6,8-9,11-14,19H,7,10,15-17H2,(H,26,28)/t19-/m1/s1. The van der Waals surface area contributed by atoms with Crippen LogP contribution in [0.2, 0.25) is 0 Å². The van der Waals surface area contributed by atoms with E-state index in [0.29, 0.717) is 13.1 Å². The summed E-state index contributed by atoms with van der Waals surface area (Å²) in [7, 11) is 0. The Balaban J connectivity index is 1.42. The second-order valence-electron chi connectivity index (χ2n) is 7.09. The Morgan fingerprint density at radius 1 is 1.03 bits per heavy atom. The van der Waals surface area contributed by atoms with Crippen molar-refractivity contribution in [1.29, 1.82) is 0 Å². The summed E-state index contributed by atoms with van der Waals surface area (Å²) in [6.07, 6.45) is 5.32. The summed E-state index contributed by atoms with van der Waals surface area (Å²) in [5.74, 6) is 0.936.